The smallest absolute Gasteiger partial charge is 0.226 e. The highest BCUT2D eigenvalue weighted by Crippen LogP contribution is 2.19. The van der Waals surface area contributed by atoms with Crippen LogP contribution in [0.2, 0.25) is 5.02 Å². The summed E-state index contributed by atoms with van der Waals surface area (Å²) in [7, 11) is 1.61. The highest BCUT2D eigenvalue weighted by Gasteiger charge is 2.12. The number of hydrogen-bond acceptors (Lipinski definition) is 3. The van der Waals surface area contributed by atoms with Crippen LogP contribution in [0.25, 0.3) is 0 Å². The standard InChI is InChI=1S/C20H22ClFN2O3/c1-14(25)24(10-8-15-4-3-5-17(12-15)27-2)11-9-20(26)23-16-6-7-19(22)18(21)13-16/h3-7,12-13H,8-11H2,1-2H3,(H,23,26). The quantitative estimate of drug-likeness (QED) is 0.741. The number of carbonyl (C=O) groups is 2. The van der Waals surface area contributed by atoms with Gasteiger partial charge in [-0.15, -0.1) is 0 Å². The van der Waals surface area contributed by atoms with Gasteiger partial charge in [0.1, 0.15) is 11.6 Å². The molecule has 7 heteroatoms. The number of anilines is 1. The number of nitrogens with zero attached hydrogens (tertiary/aromatic N) is 1. The van der Waals surface area contributed by atoms with Gasteiger partial charge in [0.05, 0.1) is 12.1 Å². The topological polar surface area (TPSA) is 58.6 Å². The molecule has 0 saturated carbocycles. The van der Waals surface area contributed by atoms with Crippen LogP contribution in [0.3, 0.4) is 0 Å². The fraction of sp³-hybridized carbons (Fsp3) is 0.300. The second kappa shape index (κ2) is 9.92. The number of carbonyl (C=O) groups excluding carboxylic acids is 2. The predicted octanol–water partition coefficient (Wildman–Crippen LogP) is 3.91. The van der Waals surface area contributed by atoms with Crippen molar-refractivity contribution in [2.24, 2.45) is 0 Å². The van der Waals surface area contributed by atoms with Crippen molar-refractivity contribution in [1.82, 2.24) is 4.90 Å². The molecule has 0 fully saturated rings. The highest BCUT2D eigenvalue weighted by atomic mass is 35.5. The molecule has 0 radical (unpaired) electrons. The van der Waals surface area contributed by atoms with Gasteiger partial charge in [0, 0.05) is 32.1 Å². The fourth-order valence-corrected chi connectivity index (χ4v) is 2.73. The molecule has 0 aliphatic carbocycles. The first-order valence-corrected chi connectivity index (χ1v) is 8.90. The monoisotopic (exact) mass is 392 g/mol. The van der Waals surface area contributed by atoms with E-state index in [4.69, 9.17) is 16.3 Å². The molecule has 1 N–H and O–H groups in total. The summed E-state index contributed by atoms with van der Waals surface area (Å²) in [5.74, 6) is -0.157. The minimum atomic E-state index is -0.546. The highest BCUT2D eigenvalue weighted by molar-refractivity contribution is 6.31. The maximum Gasteiger partial charge on any atom is 0.226 e. The van der Waals surface area contributed by atoms with Crippen LogP contribution in [0.1, 0.15) is 18.9 Å². The van der Waals surface area contributed by atoms with Crippen molar-refractivity contribution in [1.29, 1.82) is 0 Å². The number of ether oxygens (including phenoxy) is 1. The molecule has 144 valence electrons. The summed E-state index contributed by atoms with van der Waals surface area (Å²) in [6, 6.07) is 11.6. The number of methoxy groups -OCH3 is 1. The second-order valence-electron chi connectivity index (χ2n) is 6.03. The van der Waals surface area contributed by atoms with Crippen molar-refractivity contribution in [2.75, 3.05) is 25.5 Å². The van der Waals surface area contributed by atoms with Gasteiger partial charge in [-0.3, -0.25) is 9.59 Å². The first-order valence-electron chi connectivity index (χ1n) is 8.52. The molecule has 0 aromatic heterocycles. The number of benzene rings is 2. The molecule has 0 unspecified atom stereocenters. The van der Waals surface area contributed by atoms with Gasteiger partial charge in [-0.2, -0.15) is 0 Å². The Balaban J connectivity index is 1.86. The van der Waals surface area contributed by atoms with Gasteiger partial charge in [0.2, 0.25) is 11.8 Å². The molecule has 5 nitrogen and oxygen atoms in total. The van der Waals surface area contributed by atoms with E-state index in [0.717, 1.165) is 11.3 Å². The normalized spacial score (nSPS) is 10.4. The molecule has 0 spiro atoms. The minimum Gasteiger partial charge on any atom is -0.497 e. The number of hydrogen-bond donors (Lipinski definition) is 1. The van der Waals surface area contributed by atoms with E-state index in [1.165, 1.54) is 25.1 Å². The summed E-state index contributed by atoms with van der Waals surface area (Å²) >= 11 is 5.70. The third-order valence-electron chi connectivity index (χ3n) is 4.06. The minimum absolute atomic E-state index is 0.0588. The van der Waals surface area contributed by atoms with Crippen molar-refractivity contribution in [3.63, 3.8) is 0 Å². The molecule has 2 amide bonds. The van der Waals surface area contributed by atoms with Crippen molar-refractivity contribution in [3.05, 3.63) is 58.9 Å². The SMILES string of the molecule is COc1cccc(CCN(CCC(=O)Nc2ccc(F)c(Cl)c2)C(C)=O)c1. The van der Waals surface area contributed by atoms with Gasteiger partial charge < -0.3 is 15.0 Å². The molecule has 0 bridgehead atoms. The molecule has 0 aliphatic heterocycles. The van der Waals surface area contributed by atoms with Crippen molar-refractivity contribution in [2.45, 2.75) is 19.8 Å². The zero-order valence-corrected chi connectivity index (χ0v) is 16.1. The van der Waals surface area contributed by atoms with E-state index in [0.29, 0.717) is 25.2 Å². The van der Waals surface area contributed by atoms with E-state index in [1.807, 2.05) is 24.3 Å². The van der Waals surface area contributed by atoms with Crippen LogP contribution in [-0.2, 0) is 16.0 Å². The predicted molar refractivity (Wildman–Crippen MR) is 104 cm³/mol. The summed E-state index contributed by atoms with van der Waals surface area (Å²) in [5, 5.41) is 2.59. The van der Waals surface area contributed by atoms with Crippen LogP contribution < -0.4 is 10.1 Å². The fourth-order valence-electron chi connectivity index (χ4n) is 2.55. The third-order valence-corrected chi connectivity index (χ3v) is 4.35. The van der Waals surface area contributed by atoms with E-state index >= 15 is 0 Å². The first-order chi connectivity index (χ1) is 12.9. The zero-order chi connectivity index (χ0) is 19.8. The third kappa shape index (κ3) is 6.57. The number of nitrogens with one attached hydrogen (secondary N) is 1. The van der Waals surface area contributed by atoms with Gasteiger partial charge >= 0.3 is 0 Å². The van der Waals surface area contributed by atoms with Gasteiger partial charge in [0.25, 0.3) is 0 Å². The van der Waals surface area contributed by atoms with E-state index in [1.54, 1.807) is 12.0 Å². The molecular formula is C20H22ClFN2O3. The average Bonchev–Trinajstić information content (AvgIpc) is 2.64. The van der Waals surface area contributed by atoms with E-state index < -0.39 is 5.82 Å². The number of rotatable bonds is 8. The zero-order valence-electron chi connectivity index (χ0n) is 15.3. The summed E-state index contributed by atoms with van der Waals surface area (Å²) in [4.78, 5) is 25.6. The molecule has 0 saturated heterocycles. The Hall–Kier alpha value is -2.60. The average molecular weight is 393 g/mol. The van der Waals surface area contributed by atoms with Crippen LogP contribution >= 0.6 is 11.6 Å². The number of halogens is 2. The van der Waals surface area contributed by atoms with Gasteiger partial charge in [0.15, 0.2) is 0 Å². The maximum absolute atomic E-state index is 13.2. The Morgan fingerprint density at radius 3 is 2.63 bits per heavy atom. The molecular weight excluding hydrogens is 371 g/mol. The largest absolute Gasteiger partial charge is 0.497 e. The van der Waals surface area contributed by atoms with Crippen LogP contribution in [0.15, 0.2) is 42.5 Å². The van der Waals surface area contributed by atoms with E-state index in [9.17, 15) is 14.0 Å². The van der Waals surface area contributed by atoms with E-state index in [-0.39, 0.29) is 23.3 Å². The van der Waals surface area contributed by atoms with Crippen LogP contribution in [0, 0.1) is 5.82 Å². The maximum atomic E-state index is 13.2. The Morgan fingerprint density at radius 1 is 1.19 bits per heavy atom. The van der Waals surface area contributed by atoms with Crippen LogP contribution in [-0.4, -0.2) is 36.9 Å². The summed E-state index contributed by atoms with van der Waals surface area (Å²) < 4.78 is 18.3. The van der Waals surface area contributed by atoms with Gasteiger partial charge in [-0.05, 0) is 42.3 Å². The van der Waals surface area contributed by atoms with E-state index in [2.05, 4.69) is 5.32 Å². The summed E-state index contributed by atoms with van der Waals surface area (Å²) in [5.41, 5.74) is 1.46. The molecule has 0 heterocycles. The Kier molecular flexibility index (Phi) is 7.61. The summed E-state index contributed by atoms with van der Waals surface area (Å²) in [6.45, 7) is 2.27. The first kappa shape index (κ1) is 20.7. The van der Waals surface area contributed by atoms with Crippen LogP contribution in [0.5, 0.6) is 5.75 Å². The van der Waals surface area contributed by atoms with Crippen molar-refractivity contribution >= 4 is 29.1 Å². The molecule has 0 aliphatic rings. The molecule has 0 atom stereocenters. The lowest BCUT2D eigenvalue weighted by Crippen LogP contribution is -2.33. The van der Waals surface area contributed by atoms with Gasteiger partial charge in [-0.25, -0.2) is 4.39 Å². The lowest BCUT2D eigenvalue weighted by molar-refractivity contribution is -0.129. The van der Waals surface area contributed by atoms with Crippen molar-refractivity contribution < 1.29 is 18.7 Å². The lowest BCUT2D eigenvalue weighted by Gasteiger charge is -2.21. The second-order valence-corrected chi connectivity index (χ2v) is 6.44. The molecule has 2 aromatic carbocycles. The van der Waals surface area contributed by atoms with Crippen LogP contribution in [0.4, 0.5) is 10.1 Å². The summed E-state index contributed by atoms with van der Waals surface area (Å²) in [6.07, 6.45) is 0.790. The number of amides is 2. The molecule has 27 heavy (non-hydrogen) atoms. The Labute approximate surface area is 163 Å². The van der Waals surface area contributed by atoms with Crippen molar-refractivity contribution in [3.8, 4) is 5.75 Å². The molecule has 2 rings (SSSR count). The molecule has 2 aromatic rings. The Morgan fingerprint density at radius 2 is 1.96 bits per heavy atom. The Bertz CT molecular complexity index is 814. The lowest BCUT2D eigenvalue weighted by atomic mass is 10.1. The van der Waals surface area contributed by atoms with Gasteiger partial charge in [-0.1, -0.05) is 23.7 Å².